The molecule has 1 aromatic heterocycles. The summed E-state index contributed by atoms with van der Waals surface area (Å²) in [6.45, 7) is 0.903. The van der Waals surface area contributed by atoms with E-state index in [2.05, 4.69) is 0 Å². The minimum atomic E-state index is -2.97. The fourth-order valence-corrected chi connectivity index (χ4v) is 3.04. The number of sulfone groups is 1. The van der Waals surface area contributed by atoms with Crippen molar-refractivity contribution in [3.63, 3.8) is 0 Å². The van der Waals surface area contributed by atoms with Crippen LogP contribution in [0.15, 0.2) is 16.5 Å². The Morgan fingerprint density at radius 1 is 1.29 bits per heavy atom. The summed E-state index contributed by atoms with van der Waals surface area (Å²) in [7, 11) is -2.97. The largest absolute Gasteiger partial charge is 0.475 e. The molecule has 0 saturated carbocycles. The van der Waals surface area contributed by atoms with Gasteiger partial charge in [0.05, 0.1) is 11.5 Å². The lowest BCUT2D eigenvalue weighted by Crippen LogP contribution is -2.26. The van der Waals surface area contributed by atoms with Crippen LogP contribution in [0.5, 0.6) is 0 Å². The van der Waals surface area contributed by atoms with Crippen LogP contribution < -0.4 is 4.90 Å². The average molecular weight is 259 g/mol. The van der Waals surface area contributed by atoms with Gasteiger partial charge in [-0.3, -0.25) is 0 Å². The Morgan fingerprint density at radius 3 is 2.71 bits per heavy atom. The number of furan rings is 1. The Morgan fingerprint density at radius 2 is 2.06 bits per heavy atom. The third kappa shape index (κ3) is 2.79. The summed E-state index contributed by atoms with van der Waals surface area (Å²) >= 11 is 0. The van der Waals surface area contributed by atoms with Crippen molar-refractivity contribution in [3.8, 4) is 0 Å². The summed E-state index contributed by atoms with van der Waals surface area (Å²) in [5.74, 6) is -0.586. The van der Waals surface area contributed by atoms with Gasteiger partial charge >= 0.3 is 5.97 Å². The predicted octanol–water partition coefficient (Wildman–Crippen LogP) is 0.603. The van der Waals surface area contributed by atoms with Gasteiger partial charge < -0.3 is 14.4 Å². The maximum atomic E-state index is 11.4. The van der Waals surface area contributed by atoms with E-state index < -0.39 is 15.8 Å². The molecule has 0 spiro atoms. The highest BCUT2D eigenvalue weighted by Gasteiger charge is 2.21. The molecule has 2 heterocycles. The molecule has 0 atom stereocenters. The Hall–Kier alpha value is -1.50. The van der Waals surface area contributed by atoms with E-state index in [0.717, 1.165) is 0 Å². The van der Waals surface area contributed by atoms with Crippen molar-refractivity contribution in [3.05, 3.63) is 17.9 Å². The van der Waals surface area contributed by atoms with Gasteiger partial charge in [-0.25, -0.2) is 13.2 Å². The van der Waals surface area contributed by atoms with Gasteiger partial charge in [0.15, 0.2) is 15.7 Å². The SMILES string of the molecule is O=C(O)c1ccc(N2CCCS(=O)(=O)CC2)o1. The molecule has 1 aliphatic rings. The molecule has 0 radical (unpaired) electrons. The Bertz CT molecular complexity index is 519. The molecular weight excluding hydrogens is 246 g/mol. The van der Waals surface area contributed by atoms with E-state index in [0.29, 0.717) is 25.4 Å². The summed E-state index contributed by atoms with van der Waals surface area (Å²) < 4.78 is 28.0. The molecule has 1 aromatic rings. The number of rotatable bonds is 2. The number of nitrogens with zero attached hydrogens (tertiary/aromatic N) is 1. The monoisotopic (exact) mass is 259 g/mol. The number of carbonyl (C=O) groups is 1. The zero-order chi connectivity index (χ0) is 12.5. The van der Waals surface area contributed by atoms with Crippen LogP contribution in [0.25, 0.3) is 0 Å². The second-order valence-corrected chi connectivity index (χ2v) is 6.24. The standard InChI is InChI=1S/C10H13NO5S/c12-10(13)8-2-3-9(16-8)11-4-1-6-17(14,15)7-5-11/h2-3H,1,4-7H2,(H,12,13). The fourth-order valence-electron chi connectivity index (χ4n) is 1.77. The summed E-state index contributed by atoms with van der Waals surface area (Å²) in [6.07, 6.45) is 0.533. The Labute approximate surface area is 98.8 Å². The third-order valence-electron chi connectivity index (χ3n) is 2.67. The summed E-state index contributed by atoms with van der Waals surface area (Å²) in [5.41, 5.74) is 0. The zero-order valence-corrected chi connectivity index (χ0v) is 9.94. The van der Waals surface area contributed by atoms with E-state index in [4.69, 9.17) is 9.52 Å². The molecule has 0 aromatic carbocycles. The first-order valence-corrected chi connectivity index (χ1v) is 7.08. The molecule has 1 N–H and O–H groups in total. The molecule has 1 fully saturated rings. The van der Waals surface area contributed by atoms with Crippen LogP contribution in [0.2, 0.25) is 0 Å². The first kappa shape index (κ1) is 12.0. The van der Waals surface area contributed by atoms with Crippen LogP contribution in [0.3, 0.4) is 0 Å². The molecule has 17 heavy (non-hydrogen) atoms. The van der Waals surface area contributed by atoms with Gasteiger partial charge in [-0.15, -0.1) is 0 Å². The first-order chi connectivity index (χ1) is 7.98. The number of carboxylic acids is 1. The van der Waals surface area contributed by atoms with Gasteiger partial charge in [0, 0.05) is 19.2 Å². The van der Waals surface area contributed by atoms with Crippen LogP contribution in [0, 0.1) is 0 Å². The van der Waals surface area contributed by atoms with Crippen molar-refractivity contribution in [1.82, 2.24) is 0 Å². The average Bonchev–Trinajstić information content (AvgIpc) is 2.65. The van der Waals surface area contributed by atoms with Crippen LogP contribution >= 0.6 is 0 Å². The minimum absolute atomic E-state index is 0.0795. The minimum Gasteiger partial charge on any atom is -0.475 e. The lowest BCUT2D eigenvalue weighted by molar-refractivity contribution is 0.0663. The molecule has 0 unspecified atom stereocenters. The number of anilines is 1. The fraction of sp³-hybridized carbons (Fsp3) is 0.500. The van der Waals surface area contributed by atoms with E-state index in [1.807, 2.05) is 0 Å². The topological polar surface area (TPSA) is 87.8 Å². The molecule has 0 bridgehead atoms. The van der Waals surface area contributed by atoms with Crippen LogP contribution in [-0.4, -0.2) is 44.1 Å². The van der Waals surface area contributed by atoms with E-state index in [1.165, 1.54) is 6.07 Å². The number of hydrogen-bond acceptors (Lipinski definition) is 5. The van der Waals surface area contributed by atoms with Gasteiger partial charge in [0.1, 0.15) is 0 Å². The molecule has 0 aliphatic carbocycles. The van der Waals surface area contributed by atoms with Crippen molar-refractivity contribution >= 4 is 21.7 Å². The smallest absolute Gasteiger partial charge is 0.371 e. The molecule has 1 aliphatic heterocycles. The third-order valence-corrected chi connectivity index (χ3v) is 4.39. The van der Waals surface area contributed by atoms with Gasteiger partial charge in [-0.2, -0.15) is 0 Å². The van der Waals surface area contributed by atoms with Crippen LogP contribution in [0.4, 0.5) is 5.88 Å². The van der Waals surface area contributed by atoms with Gasteiger partial charge in [0.25, 0.3) is 0 Å². The lowest BCUT2D eigenvalue weighted by atomic mass is 10.4. The van der Waals surface area contributed by atoms with E-state index >= 15 is 0 Å². The van der Waals surface area contributed by atoms with Crippen molar-refractivity contribution in [2.45, 2.75) is 6.42 Å². The van der Waals surface area contributed by atoms with Crippen molar-refractivity contribution in [2.24, 2.45) is 0 Å². The molecule has 1 saturated heterocycles. The van der Waals surface area contributed by atoms with Crippen LogP contribution in [0.1, 0.15) is 17.0 Å². The number of hydrogen-bond donors (Lipinski definition) is 1. The maximum Gasteiger partial charge on any atom is 0.371 e. The predicted molar refractivity (Wildman–Crippen MR) is 61.2 cm³/mol. The zero-order valence-electron chi connectivity index (χ0n) is 9.13. The number of aromatic carboxylic acids is 1. The van der Waals surface area contributed by atoms with E-state index in [9.17, 15) is 13.2 Å². The highest BCUT2D eigenvalue weighted by atomic mass is 32.2. The Balaban J connectivity index is 2.14. The summed E-state index contributed by atoms with van der Waals surface area (Å²) in [4.78, 5) is 12.4. The molecule has 6 nitrogen and oxygen atoms in total. The van der Waals surface area contributed by atoms with Gasteiger partial charge in [-0.05, 0) is 12.5 Å². The van der Waals surface area contributed by atoms with Gasteiger partial charge in [-0.1, -0.05) is 0 Å². The molecule has 2 rings (SSSR count). The highest BCUT2D eigenvalue weighted by molar-refractivity contribution is 7.91. The summed E-state index contributed by atoms with van der Waals surface area (Å²) in [6, 6.07) is 2.93. The summed E-state index contributed by atoms with van der Waals surface area (Å²) in [5, 5.41) is 8.73. The van der Waals surface area contributed by atoms with E-state index in [-0.39, 0.29) is 17.3 Å². The molecule has 0 amide bonds. The van der Waals surface area contributed by atoms with Gasteiger partial charge in [0.2, 0.25) is 5.76 Å². The van der Waals surface area contributed by atoms with Crippen molar-refractivity contribution in [2.75, 3.05) is 29.5 Å². The molecule has 94 valence electrons. The van der Waals surface area contributed by atoms with Crippen molar-refractivity contribution in [1.29, 1.82) is 0 Å². The quantitative estimate of drug-likeness (QED) is 0.837. The van der Waals surface area contributed by atoms with Crippen molar-refractivity contribution < 1.29 is 22.7 Å². The lowest BCUT2D eigenvalue weighted by Gasteiger charge is -2.17. The Kier molecular flexibility index (Phi) is 3.10. The van der Waals surface area contributed by atoms with Crippen LogP contribution in [-0.2, 0) is 9.84 Å². The van der Waals surface area contributed by atoms with E-state index in [1.54, 1.807) is 11.0 Å². The maximum absolute atomic E-state index is 11.4. The first-order valence-electron chi connectivity index (χ1n) is 5.26. The highest BCUT2D eigenvalue weighted by Crippen LogP contribution is 2.20. The normalized spacial score (nSPS) is 19.9. The molecule has 7 heteroatoms. The second-order valence-electron chi connectivity index (χ2n) is 3.94. The number of carboxylic acid groups (broad SMARTS) is 1. The second kappa shape index (κ2) is 4.40. The molecular formula is C10H13NO5S.